The molecule has 0 saturated heterocycles. The number of aliphatic hydroxyl groups is 2. The van der Waals surface area contributed by atoms with Crippen molar-refractivity contribution in [2.45, 2.75) is 123 Å². The van der Waals surface area contributed by atoms with E-state index < -0.39 is 0 Å². The number of aliphatic hydroxyl groups excluding tert-OH is 2. The number of carbonyl (C=O) groups is 1. The highest BCUT2D eigenvalue weighted by Crippen LogP contribution is 2.48. The Morgan fingerprint density at radius 3 is 2.50 bits per heavy atom. The van der Waals surface area contributed by atoms with Crippen LogP contribution in [0, 0.1) is 23.7 Å². The maximum Gasteiger partial charge on any atom is 0.223 e. The van der Waals surface area contributed by atoms with Gasteiger partial charge in [-0.3, -0.25) is 4.79 Å². The molecule has 0 radical (unpaired) electrons. The number of rotatable bonds is 11. The van der Waals surface area contributed by atoms with Crippen LogP contribution in [0.2, 0.25) is 0 Å². The fourth-order valence-corrected chi connectivity index (χ4v) is 6.64. The number of unbranched alkanes of at least 4 members (excludes halogenated alkanes) is 1. The molecular formula is C28H47NO3. The van der Waals surface area contributed by atoms with Crippen molar-refractivity contribution >= 4 is 5.91 Å². The number of nitrogens with zero attached hydrogens (tertiary/aromatic N) is 1. The highest BCUT2D eigenvalue weighted by Gasteiger charge is 2.43. The van der Waals surface area contributed by atoms with E-state index in [1.165, 1.54) is 31.3 Å². The van der Waals surface area contributed by atoms with Crippen LogP contribution in [0.4, 0.5) is 0 Å². The minimum atomic E-state index is -0.369. The van der Waals surface area contributed by atoms with E-state index >= 15 is 0 Å². The van der Waals surface area contributed by atoms with Crippen molar-refractivity contribution in [2.75, 3.05) is 0 Å². The van der Waals surface area contributed by atoms with Gasteiger partial charge in [0.25, 0.3) is 0 Å². The largest absolute Gasteiger partial charge is 0.392 e. The molecule has 0 aromatic heterocycles. The molecule has 0 aromatic carbocycles. The summed E-state index contributed by atoms with van der Waals surface area (Å²) in [5.41, 5.74) is 1.51. The number of amides is 1. The molecule has 182 valence electrons. The Kier molecular flexibility index (Phi) is 9.43. The molecule has 2 N–H and O–H groups in total. The van der Waals surface area contributed by atoms with E-state index in [0.29, 0.717) is 24.2 Å². The summed E-state index contributed by atoms with van der Waals surface area (Å²) >= 11 is 0. The molecule has 5 atom stereocenters. The molecule has 0 bridgehead atoms. The first kappa shape index (κ1) is 25.5. The SMILES string of the molecule is CC(C)N(C(=O)CCCCC1=CC2C[C@@H](O)[C@H](C=C[C@@H](O)CC3CCCC3)[C@H]2C1)C(C)C. The van der Waals surface area contributed by atoms with Gasteiger partial charge < -0.3 is 15.1 Å². The Morgan fingerprint density at radius 2 is 1.84 bits per heavy atom. The first-order valence-electron chi connectivity index (χ1n) is 13.3. The Labute approximate surface area is 196 Å². The standard InChI is InChI=1S/C28H47NO3/c1-19(2)29(20(3)4)28(32)12-8-7-11-22-15-23-18-27(31)25(26(23)17-22)14-13-24(30)16-21-9-5-6-10-21/h13-15,19-21,23-27,30-31H,5-12,16-18H2,1-4H3/t23?,24-,25-,26+,27-/m1/s1. The molecule has 3 aliphatic carbocycles. The lowest BCUT2D eigenvalue weighted by Crippen LogP contribution is -2.41. The molecule has 0 aromatic rings. The molecule has 2 saturated carbocycles. The van der Waals surface area contributed by atoms with Gasteiger partial charge >= 0.3 is 0 Å². The number of carbonyl (C=O) groups excluding carboxylic acids is 1. The van der Waals surface area contributed by atoms with Gasteiger partial charge in [0.2, 0.25) is 5.91 Å². The van der Waals surface area contributed by atoms with Gasteiger partial charge in [0, 0.05) is 24.4 Å². The van der Waals surface area contributed by atoms with Gasteiger partial charge in [-0.15, -0.1) is 0 Å². The van der Waals surface area contributed by atoms with Crippen LogP contribution in [-0.4, -0.2) is 45.3 Å². The molecule has 1 unspecified atom stereocenters. The highest BCUT2D eigenvalue weighted by molar-refractivity contribution is 5.76. The van der Waals surface area contributed by atoms with E-state index in [2.05, 4.69) is 39.8 Å². The van der Waals surface area contributed by atoms with Gasteiger partial charge in [0.15, 0.2) is 0 Å². The van der Waals surface area contributed by atoms with Crippen molar-refractivity contribution in [3.8, 4) is 0 Å². The van der Waals surface area contributed by atoms with Gasteiger partial charge in [0.05, 0.1) is 12.2 Å². The normalized spacial score (nSPS) is 29.3. The van der Waals surface area contributed by atoms with Crippen LogP contribution < -0.4 is 0 Å². The van der Waals surface area contributed by atoms with Crippen molar-refractivity contribution in [3.05, 3.63) is 23.8 Å². The predicted octanol–water partition coefficient (Wildman–Crippen LogP) is 5.63. The van der Waals surface area contributed by atoms with Crippen molar-refractivity contribution < 1.29 is 15.0 Å². The maximum absolute atomic E-state index is 12.6. The summed E-state index contributed by atoms with van der Waals surface area (Å²) in [5.74, 6) is 2.07. The van der Waals surface area contributed by atoms with Crippen LogP contribution in [0.15, 0.2) is 23.8 Å². The molecule has 3 aliphatic rings. The molecule has 1 amide bonds. The van der Waals surface area contributed by atoms with E-state index in [1.54, 1.807) is 0 Å². The molecule has 0 aliphatic heterocycles. The molecule has 2 fully saturated rings. The zero-order valence-corrected chi connectivity index (χ0v) is 20.9. The van der Waals surface area contributed by atoms with Crippen molar-refractivity contribution in [1.82, 2.24) is 4.90 Å². The van der Waals surface area contributed by atoms with Crippen LogP contribution in [0.25, 0.3) is 0 Å². The lowest BCUT2D eigenvalue weighted by atomic mass is 9.88. The smallest absolute Gasteiger partial charge is 0.223 e. The lowest BCUT2D eigenvalue weighted by Gasteiger charge is -2.30. The Morgan fingerprint density at radius 1 is 1.16 bits per heavy atom. The summed E-state index contributed by atoms with van der Waals surface area (Å²) in [6.07, 6.45) is 17.5. The number of fused-ring (bicyclic) bond motifs is 1. The zero-order valence-electron chi connectivity index (χ0n) is 20.9. The molecule has 0 heterocycles. The third kappa shape index (κ3) is 6.70. The van der Waals surface area contributed by atoms with Crippen LogP contribution in [0.5, 0.6) is 0 Å². The van der Waals surface area contributed by atoms with Gasteiger partial charge in [-0.25, -0.2) is 0 Å². The summed E-state index contributed by atoms with van der Waals surface area (Å²) in [7, 11) is 0. The van der Waals surface area contributed by atoms with E-state index in [0.717, 1.165) is 38.5 Å². The average Bonchev–Trinajstić information content (AvgIpc) is 3.40. The van der Waals surface area contributed by atoms with Crippen molar-refractivity contribution in [3.63, 3.8) is 0 Å². The quantitative estimate of drug-likeness (QED) is 0.320. The summed E-state index contributed by atoms with van der Waals surface area (Å²) in [6, 6.07) is 0.514. The van der Waals surface area contributed by atoms with Crippen LogP contribution in [-0.2, 0) is 4.79 Å². The Bertz CT molecular complexity index is 654. The highest BCUT2D eigenvalue weighted by atomic mass is 16.3. The lowest BCUT2D eigenvalue weighted by molar-refractivity contribution is -0.134. The Hall–Kier alpha value is -1.13. The maximum atomic E-state index is 12.6. The molecule has 3 rings (SSSR count). The third-order valence-electron chi connectivity index (χ3n) is 8.09. The number of allylic oxidation sites excluding steroid dienone is 2. The average molecular weight is 446 g/mol. The minimum absolute atomic E-state index is 0.166. The number of hydrogen-bond donors (Lipinski definition) is 2. The summed E-state index contributed by atoms with van der Waals surface area (Å²) < 4.78 is 0. The van der Waals surface area contributed by atoms with Crippen LogP contribution >= 0.6 is 0 Å². The van der Waals surface area contributed by atoms with Gasteiger partial charge in [-0.2, -0.15) is 0 Å². The fraction of sp³-hybridized carbons (Fsp3) is 0.821. The second-order valence-corrected chi connectivity index (χ2v) is 11.3. The van der Waals surface area contributed by atoms with E-state index in [4.69, 9.17) is 0 Å². The summed E-state index contributed by atoms with van der Waals surface area (Å²) in [5, 5.41) is 21.0. The van der Waals surface area contributed by atoms with Gasteiger partial charge in [0.1, 0.15) is 0 Å². The summed E-state index contributed by atoms with van der Waals surface area (Å²) in [6.45, 7) is 8.36. The van der Waals surface area contributed by atoms with E-state index in [9.17, 15) is 15.0 Å². The van der Waals surface area contributed by atoms with Crippen LogP contribution in [0.1, 0.15) is 98.3 Å². The second kappa shape index (κ2) is 11.8. The zero-order chi connectivity index (χ0) is 23.3. The fourth-order valence-electron chi connectivity index (χ4n) is 6.64. The van der Waals surface area contributed by atoms with E-state index in [1.807, 2.05) is 11.0 Å². The summed E-state index contributed by atoms with van der Waals surface area (Å²) in [4.78, 5) is 14.6. The molecule has 32 heavy (non-hydrogen) atoms. The molecule has 0 spiro atoms. The van der Waals surface area contributed by atoms with Crippen molar-refractivity contribution in [1.29, 1.82) is 0 Å². The van der Waals surface area contributed by atoms with Gasteiger partial charge in [-0.1, -0.05) is 49.5 Å². The first-order chi connectivity index (χ1) is 15.3. The predicted molar refractivity (Wildman–Crippen MR) is 131 cm³/mol. The monoisotopic (exact) mass is 445 g/mol. The first-order valence-corrected chi connectivity index (χ1v) is 13.3. The third-order valence-corrected chi connectivity index (χ3v) is 8.09. The second-order valence-electron chi connectivity index (χ2n) is 11.3. The van der Waals surface area contributed by atoms with Crippen LogP contribution in [0.3, 0.4) is 0 Å². The van der Waals surface area contributed by atoms with Crippen molar-refractivity contribution in [2.24, 2.45) is 23.7 Å². The molecule has 4 nitrogen and oxygen atoms in total. The molecule has 4 heteroatoms. The minimum Gasteiger partial charge on any atom is -0.392 e. The Balaban J connectivity index is 1.41. The molecular weight excluding hydrogens is 398 g/mol. The topological polar surface area (TPSA) is 60.8 Å². The van der Waals surface area contributed by atoms with Gasteiger partial charge in [-0.05, 0) is 84.0 Å². The number of hydrogen-bond acceptors (Lipinski definition) is 3. The van der Waals surface area contributed by atoms with E-state index in [-0.39, 0.29) is 36.1 Å².